The van der Waals surface area contributed by atoms with Crippen LogP contribution in [-0.4, -0.2) is 9.55 Å². The molecule has 0 saturated heterocycles. The van der Waals surface area contributed by atoms with Gasteiger partial charge in [-0.25, -0.2) is 4.98 Å². The molecule has 11 rings (SSSR count). The van der Waals surface area contributed by atoms with E-state index in [1.54, 1.807) is 6.07 Å². The molecule has 0 aliphatic rings. The van der Waals surface area contributed by atoms with Crippen molar-refractivity contribution in [3.63, 3.8) is 0 Å². The van der Waals surface area contributed by atoms with Gasteiger partial charge in [0.1, 0.15) is 5.82 Å². The number of para-hydroxylation sites is 4. The van der Waals surface area contributed by atoms with Gasteiger partial charge < -0.3 is 10.6 Å². The summed E-state index contributed by atoms with van der Waals surface area (Å²) in [5.74, 6) is 0.863. The van der Waals surface area contributed by atoms with Gasteiger partial charge in [-0.3, -0.25) is 4.57 Å². The third-order valence-corrected chi connectivity index (χ3v) is 11.3. The largest absolute Gasteiger partial charge is 0.354 e. The molecule has 61 heavy (non-hydrogen) atoms. The number of nitrogens with one attached hydrogen (secondary N) is 2. The molecule has 9 aromatic carbocycles. The van der Waals surface area contributed by atoms with E-state index in [2.05, 4.69) is 112 Å². The lowest BCUT2D eigenvalue weighted by molar-refractivity contribution is 1.08. The third-order valence-electron chi connectivity index (χ3n) is 11.3. The maximum absolute atomic E-state index is 8.91. The van der Waals surface area contributed by atoms with Crippen LogP contribution in [0.1, 0.15) is 6.85 Å². The van der Waals surface area contributed by atoms with Crippen LogP contribution in [0.5, 0.6) is 0 Å². The second kappa shape index (κ2) is 15.5. The van der Waals surface area contributed by atoms with E-state index in [9.17, 15) is 0 Å². The van der Waals surface area contributed by atoms with E-state index in [1.165, 1.54) is 5.39 Å². The van der Waals surface area contributed by atoms with E-state index in [1.807, 2.05) is 97.2 Å². The number of aromatic nitrogens is 2. The van der Waals surface area contributed by atoms with Crippen LogP contribution in [0.25, 0.3) is 82.9 Å². The Morgan fingerprint density at radius 1 is 0.410 bits per heavy atom. The lowest BCUT2D eigenvalue weighted by Crippen LogP contribution is -2.01. The number of fused-ring (bicyclic) bond motifs is 4. The van der Waals surface area contributed by atoms with Crippen LogP contribution in [0.3, 0.4) is 0 Å². The van der Waals surface area contributed by atoms with Gasteiger partial charge in [0.25, 0.3) is 0 Å². The maximum atomic E-state index is 8.91. The van der Waals surface area contributed by atoms with Gasteiger partial charge in [0.2, 0.25) is 0 Å². The first-order chi connectivity index (χ1) is 32.3. The predicted octanol–water partition coefficient (Wildman–Crippen LogP) is 15.5. The molecule has 0 saturated carbocycles. The maximum Gasteiger partial charge on any atom is 0.137 e. The monoisotopic (exact) mass is 785 g/mol. The molecule has 11 aromatic rings. The number of hydrogen-bond donors (Lipinski definition) is 2. The second-order valence-corrected chi connectivity index (χ2v) is 15.0. The summed E-state index contributed by atoms with van der Waals surface area (Å²) in [6.07, 6.45) is 1.84. The molecule has 0 atom stereocenters. The molecule has 0 aliphatic carbocycles. The first-order valence-corrected chi connectivity index (χ1v) is 20.3. The lowest BCUT2D eigenvalue weighted by atomic mass is 9.91. The van der Waals surface area contributed by atoms with Gasteiger partial charge in [0.15, 0.2) is 0 Å². The molecule has 0 spiro atoms. The minimum absolute atomic E-state index is 0.128. The fourth-order valence-corrected chi connectivity index (χ4v) is 8.48. The van der Waals surface area contributed by atoms with Crippen molar-refractivity contribution in [3.05, 3.63) is 231 Å². The SMILES string of the molecule is [2H]c1c([2H])c([2H])c(-c2cccc(-c3ccccc3)c2Nc2ccccc2Nc2cccc(-c3cc4ccccc4cc3-c3ccc4c5ccccc5n(-c5ccccn5)c4c3)c2)c([2H])c1[2H]. The number of benzene rings is 9. The molecule has 0 amide bonds. The summed E-state index contributed by atoms with van der Waals surface area (Å²) in [5.41, 5.74) is 11.9. The molecule has 0 aliphatic heterocycles. The van der Waals surface area contributed by atoms with Crippen molar-refractivity contribution in [2.75, 3.05) is 10.6 Å². The van der Waals surface area contributed by atoms with Crippen molar-refractivity contribution in [1.82, 2.24) is 9.55 Å². The minimum Gasteiger partial charge on any atom is -0.354 e. The van der Waals surface area contributed by atoms with E-state index in [0.717, 1.165) is 83.5 Å². The number of nitrogens with zero attached hydrogens (tertiary/aromatic N) is 2. The Bertz CT molecular complexity index is 3630. The zero-order valence-electron chi connectivity index (χ0n) is 37.9. The quantitative estimate of drug-likeness (QED) is 0.153. The topological polar surface area (TPSA) is 41.9 Å². The highest BCUT2D eigenvalue weighted by atomic mass is 15.1. The fourth-order valence-electron chi connectivity index (χ4n) is 8.48. The summed E-state index contributed by atoms with van der Waals surface area (Å²) < 4.78 is 45.3. The molecule has 0 unspecified atom stereocenters. The highest BCUT2D eigenvalue weighted by Crippen LogP contribution is 2.43. The Hall–Kier alpha value is -8.21. The summed E-state index contributed by atoms with van der Waals surface area (Å²) in [6.45, 7) is 0. The molecule has 4 nitrogen and oxygen atoms in total. The molecular weight excluding hydrogens is 741 g/mol. The van der Waals surface area contributed by atoms with E-state index in [0.29, 0.717) is 11.3 Å². The lowest BCUT2D eigenvalue weighted by Gasteiger charge is -2.20. The van der Waals surface area contributed by atoms with E-state index in [-0.39, 0.29) is 29.7 Å². The molecule has 0 bridgehead atoms. The van der Waals surface area contributed by atoms with E-state index < -0.39 is 6.04 Å². The summed E-state index contributed by atoms with van der Waals surface area (Å²) in [6, 6.07) is 64.4. The van der Waals surface area contributed by atoms with E-state index >= 15 is 0 Å². The van der Waals surface area contributed by atoms with Crippen molar-refractivity contribution in [1.29, 1.82) is 0 Å². The smallest absolute Gasteiger partial charge is 0.137 e. The predicted molar refractivity (Wildman–Crippen MR) is 257 cm³/mol. The first-order valence-electron chi connectivity index (χ1n) is 22.8. The molecular formula is C57H40N4. The Kier molecular flexibility index (Phi) is 7.84. The van der Waals surface area contributed by atoms with Crippen LogP contribution in [0.4, 0.5) is 22.7 Å². The van der Waals surface area contributed by atoms with Crippen molar-refractivity contribution < 1.29 is 6.85 Å². The molecule has 2 N–H and O–H groups in total. The van der Waals surface area contributed by atoms with Crippen LogP contribution < -0.4 is 10.6 Å². The van der Waals surface area contributed by atoms with Gasteiger partial charge in [0.05, 0.1) is 34.9 Å². The highest BCUT2D eigenvalue weighted by Gasteiger charge is 2.18. The van der Waals surface area contributed by atoms with Crippen LogP contribution >= 0.6 is 0 Å². The summed E-state index contributed by atoms with van der Waals surface area (Å²) in [4.78, 5) is 4.77. The molecule has 2 aromatic heterocycles. The molecule has 4 heteroatoms. The fraction of sp³-hybridized carbons (Fsp3) is 0. The summed E-state index contributed by atoms with van der Waals surface area (Å²) in [5, 5.41) is 12.0. The van der Waals surface area contributed by atoms with Crippen molar-refractivity contribution in [2.45, 2.75) is 0 Å². The van der Waals surface area contributed by atoms with Crippen LogP contribution in [0.2, 0.25) is 0 Å². The molecule has 0 radical (unpaired) electrons. The van der Waals surface area contributed by atoms with Crippen LogP contribution in [0, 0.1) is 0 Å². The normalized spacial score (nSPS) is 12.4. The van der Waals surface area contributed by atoms with Crippen LogP contribution in [-0.2, 0) is 0 Å². The van der Waals surface area contributed by atoms with Gasteiger partial charge in [-0.05, 0) is 105 Å². The summed E-state index contributed by atoms with van der Waals surface area (Å²) >= 11 is 0. The summed E-state index contributed by atoms with van der Waals surface area (Å²) in [7, 11) is 0. The van der Waals surface area contributed by atoms with Crippen LogP contribution in [0.15, 0.2) is 231 Å². The number of anilines is 4. The highest BCUT2D eigenvalue weighted by molar-refractivity contribution is 6.11. The molecule has 0 fully saturated rings. The van der Waals surface area contributed by atoms with Gasteiger partial charge in [-0.15, -0.1) is 0 Å². The number of hydrogen-bond acceptors (Lipinski definition) is 3. The van der Waals surface area contributed by atoms with Gasteiger partial charge in [-0.2, -0.15) is 0 Å². The van der Waals surface area contributed by atoms with Crippen molar-refractivity contribution in [3.8, 4) is 50.3 Å². The minimum atomic E-state index is -0.430. The standard InChI is InChI=1S/C57H40N4/c1-3-17-39(18-4-1)46-26-16-27-47(40-19-5-2-6-20-40)57(46)60-53-29-11-10-28-52(53)59-45-24-15-23-43(35-45)50-36-41-21-7-8-22-42(41)37-51(50)44-32-33-49-48-25-9-12-30-54(48)61(55(49)38-44)56-31-13-14-34-58-56/h1-38,59-60H/i1D,3D,4D,17D,18D. The average Bonchev–Trinajstić information content (AvgIpc) is 3.70. The number of rotatable bonds is 9. The molecule has 288 valence electrons. The first kappa shape index (κ1) is 30.8. The third kappa shape index (κ3) is 6.76. The van der Waals surface area contributed by atoms with E-state index in [4.69, 9.17) is 11.8 Å². The van der Waals surface area contributed by atoms with Crippen molar-refractivity contribution in [2.24, 2.45) is 0 Å². The Balaban J connectivity index is 1.02. The zero-order chi connectivity index (χ0) is 44.9. The van der Waals surface area contributed by atoms with Gasteiger partial charge >= 0.3 is 0 Å². The van der Waals surface area contributed by atoms with Gasteiger partial charge in [-0.1, -0.05) is 164 Å². The van der Waals surface area contributed by atoms with Gasteiger partial charge in [0, 0.05) is 33.8 Å². The molecule has 2 heterocycles. The zero-order valence-corrected chi connectivity index (χ0v) is 32.9. The average molecular weight is 786 g/mol. The Morgan fingerprint density at radius 2 is 1.03 bits per heavy atom. The van der Waals surface area contributed by atoms with Crippen molar-refractivity contribution >= 4 is 55.3 Å². The Morgan fingerprint density at radius 3 is 1.80 bits per heavy atom. The second-order valence-electron chi connectivity index (χ2n) is 15.0. The number of pyridine rings is 1. The Labute approximate surface area is 362 Å².